The van der Waals surface area contributed by atoms with Crippen molar-refractivity contribution in [1.29, 1.82) is 0 Å². The van der Waals surface area contributed by atoms with Crippen LogP contribution in [-0.2, 0) is 9.53 Å². The van der Waals surface area contributed by atoms with E-state index in [0.29, 0.717) is 30.2 Å². The average molecular weight is 301 g/mol. The standard InChI is InChI=1S/C13H17ClN2O2S/c1-3-18-12(17)6-7-16(2)9-4-5-10(13(15)19)11(14)8-9/h4-5,8H,3,6-7H2,1-2H3,(H2,15,19). The van der Waals surface area contributed by atoms with E-state index < -0.39 is 0 Å². The highest BCUT2D eigenvalue weighted by atomic mass is 35.5. The van der Waals surface area contributed by atoms with Gasteiger partial charge in [0.25, 0.3) is 0 Å². The second-order valence-corrected chi connectivity index (χ2v) is 4.85. The molecule has 0 fully saturated rings. The number of carbonyl (C=O) groups is 1. The zero-order valence-corrected chi connectivity index (χ0v) is 12.6. The molecular formula is C13H17ClN2O2S. The molecule has 0 amide bonds. The first kappa shape index (κ1) is 15.7. The number of thiocarbonyl (C=S) groups is 1. The minimum absolute atomic E-state index is 0.208. The third-order valence-corrected chi connectivity index (χ3v) is 3.15. The minimum Gasteiger partial charge on any atom is -0.466 e. The average Bonchev–Trinajstić information content (AvgIpc) is 2.35. The predicted molar refractivity (Wildman–Crippen MR) is 81.9 cm³/mol. The first-order chi connectivity index (χ1) is 8.95. The lowest BCUT2D eigenvalue weighted by Crippen LogP contribution is -2.22. The van der Waals surface area contributed by atoms with Crippen molar-refractivity contribution in [3.63, 3.8) is 0 Å². The molecule has 0 saturated carbocycles. The van der Waals surface area contributed by atoms with Crippen LogP contribution in [-0.4, -0.2) is 31.2 Å². The summed E-state index contributed by atoms with van der Waals surface area (Å²) in [7, 11) is 1.88. The number of ether oxygens (including phenoxy) is 1. The number of halogens is 1. The van der Waals surface area contributed by atoms with E-state index in [1.165, 1.54) is 0 Å². The molecule has 1 aromatic carbocycles. The fourth-order valence-corrected chi connectivity index (χ4v) is 2.07. The molecule has 2 N–H and O–H groups in total. The summed E-state index contributed by atoms with van der Waals surface area (Å²) >= 11 is 11.0. The van der Waals surface area contributed by atoms with Crippen molar-refractivity contribution < 1.29 is 9.53 Å². The molecule has 6 heteroatoms. The third-order valence-electron chi connectivity index (χ3n) is 2.62. The van der Waals surface area contributed by atoms with E-state index in [0.717, 1.165) is 5.69 Å². The van der Waals surface area contributed by atoms with Gasteiger partial charge in [-0.25, -0.2) is 0 Å². The van der Waals surface area contributed by atoms with E-state index in [-0.39, 0.29) is 11.0 Å². The Morgan fingerprint density at radius 1 is 1.53 bits per heavy atom. The zero-order chi connectivity index (χ0) is 14.4. The normalized spacial score (nSPS) is 10.1. The van der Waals surface area contributed by atoms with Crippen LogP contribution in [0.3, 0.4) is 0 Å². The van der Waals surface area contributed by atoms with Crippen molar-refractivity contribution in [2.75, 3.05) is 25.1 Å². The Morgan fingerprint density at radius 2 is 2.21 bits per heavy atom. The van der Waals surface area contributed by atoms with Crippen molar-refractivity contribution in [2.45, 2.75) is 13.3 Å². The van der Waals surface area contributed by atoms with Gasteiger partial charge in [-0.1, -0.05) is 23.8 Å². The molecule has 0 aromatic heterocycles. The van der Waals surface area contributed by atoms with E-state index in [1.807, 2.05) is 18.0 Å². The second kappa shape index (κ2) is 7.31. The Kier molecular flexibility index (Phi) is 6.05. The molecule has 0 atom stereocenters. The van der Waals surface area contributed by atoms with Crippen LogP contribution in [0, 0.1) is 0 Å². The Morgan fingerprint density at radius 3 is 2.74 bits per heavy atom. The molecule has 0 spiro atoms. The lowest BCUT2D eigenvalue weighted by Gasteiger charge is -2.19. The SMILES string of the molecule is CCOC(=O)CCN(C)c1ccc(C(N)=S)c(Cl)c1. The molecule has 0 heterocycles. The number of hydrogen-bond donors (Lipinski definition) is 1. The van der Waals surface area contributed by atoms with Crippen LogP contribution in [0.4, 0.5) is 5.69 Å². The molecule has 1 rings (SSSR count). The fraction of sp³-hybridized carbons (Fsp3) is 0.385. The van der Waals surface area contributed by atoms with Crippen molar-refractivity contribution in [2.24, 2.45) is 5.73 Å². The Hall–Kier alpha value is -1.33. The smallest absolute Gasteiger partial charge is 0.307 e. The number of nitrogens with zero attached hydrogens (tertiary/aromatic N) is 1. The molecule has 19 heavy (non-hydrogen) atoms. The van der Waals surface area contributed by atoms with Gasteiger partial charge in [0, 0.05) is 24.8 Å². The summed E-state index contributed by atoms with van der Waals surface area (Å²) in [5, 5.41) is 0.507. The molecule has 0 aliphatic carbocycles. The maximum atomic E-state index is 11.3. The van der Waals surface area contributed by atoms with Crippen molar-refractivity contribution in [3.05, 3.63) is 28.8 Å². The Labute approximate surface area is 123 Å². The lowest BCUT2D eigenvalue weighted by molar-refractivity contribution is -0.142. The number of rotatable bonds is 6. The molecular weight excluding hydrogens is 284 g/mol. The first-order valence-electron chi connectivity index (χ1n) is 5.91. The molecule has 4 nitrogen and oxygen atoms in total. The number of nitrogens with two attached hydrogens (primary N) is 1. The van der Waals surface area contributed by atoms with E-state index in [9.17, 15) is 4.79 Å². The van der Waals surface area contributed by atoms with Gasteiger partial charge in [-0.15, -0.1) is 0 Å². The number of anilines is 1. The fourth-order valence-electron chi connectivity index (χ4n) is 1.56. The van der Waals surface area contributed by atoms with Crippen LogP contribution >= 0.6 is 23.8 Å². The summed E-state index contributed by atoms with van der Waals surface area (Å²) < 4.78 is 4.88. The summed E-state index contributed by atoms with van der Waals surface area (Å²) in [5.74, 6) is -0.208. The topological polar surface area (TPSA) is 55.6 Å². The van der Waals surface area contributed by atoms with Gasteiger partial charge in [0.2, 0.25) is 0 Å². The maximum absolute atomic E-state index is 11.3. The summed E-state index contributed by atoms with van der Waals surface area (Å²) in [4.78, 5) is 13.5. The molecule has 0 aliphatic heterocycles. The van der Waals surface area contributed by atoms with Gasteiger partial charge >= 0.3 is 5.97 Å². The van der Waals surface area contributed by atoms with Gasteiger partial charge in [0.05, 0.1) is 18.1 Å². The summed E-state index contributed by atoms with van der Waals surface area (Å²) in [6.45, 7) is 2.74. The van der Waals surface area contributed by atoms with Crippen molar-refractivity contribution in [1.82, 2.24) is 0 Å². The van der Waals surface area contributed by atoms with Crippen LogP contribution in [0.15, 0.2) is 18.2 Å². The highest BCUT2D eigenvalue weighted by Gasteiger charge is 2.09. The molecule has 0 bridgehead atoms. The van der Waals surface area contributed by atoms with Crippen molar-refractivity contribution in [3.8, 4) is 0 Å². The van der Waals surface area contributed by atoms with Crippen LogP contribution in [0.5, 0.6) is 0 Å². The molecule has 1 aromatic rings. The van der Waals surface area contributed by atoms with Crippen LogP contribution in [0.25, 0.3) is 0 Å². The Bertz CT molecular complexity index is 480. The van der Waals surface area contributed by atoms with Gasteiger partial charge in [-0.2, -0.15) is 0 Å². The molecule has 104 valence electrons. The number of carbonyl (C=O) groups excluding carboxylic acids is 1. The van der Waals surface area contributed by atoms with E-state index in [4.69, 9.17) is 34.3 Å². The van der Waals surface area contributed by atoms with E-state index in [1.54, 1.807) is 19.1 Å². The molecule has 0 radical (unpaired) electrons. The van der Waals surface area contributed by atoms with E-state index in [2.05, 4.69) is 0 Å². The lowest BCUT2D eigenvalue weighted by atomic mass is 10.2. The number of esters is 1. The molecule has 0 unspecified atom stereocenters. The highest BCUT2D eigenvalue weighted by Crippen LogP contribution is 2.23. The first-order valence-corrected chi connectivity index (χ1v) is 6.70. The maximum Gasteiger partial charge on any atom is 0.307 e. The van der Waals surface area contributed by atoms with Gasteiger partial charge in [0.1, 0.15) is 4.99 Å². The zero-order valence-electron chi connectivity index (χ0n) is 11.0. The number of hydrogen-bond acceptors (Lipinski definition) is 4. The quantitative estimate of drug-likeness (QED) is 0.646. The summed E-state index contributed by atoms with van der Waals surface area (Å²) in [5.41, 5.74) is 7.09. The van der Waals surface area contributed by atoms with Gasteiger partial charge in [-0.05, 0) is 25.1 Å². The summed E-state index contributed by atoms with van der Waals surface area (Å²) in [6, 6.07) is 5.42. The Balaban J connectivity index is 2.67. The predicted octanol–water partition coefficient (Wildman–Crippen LogP) is 2.36. The molecule has 0 saturated heterocycles. The van der Waals surface area contributed by atoms with Gasteiger partial charge in [-0.3, -0.25) is 4.79 Å². The highest BCUT2D eigenvalue weighted by molar-refractivity contribution is 7.80. The minimum atomic E-state index is -0.208. The second-order valence-electron chi connectivity index (χ2n) is 4.00. The van der Waals surface area contributed by atoms with Gasteiger partial charge < -0.3 is 15.4 Å². The van der Waals surface area contributed by atoms with Crippen LogP contribution < -0.4 is 10.6 Å². The van der Waals surface area contributed by atoms with Crippen LogP contribution in [0.1, 0.15) is 18.9 Å². The third kappa shape index (κ3) is 4.69. The largest absolute Gasteiger partial charge is 0.466 e. The van der Waals surface area contributed by atoms with Crippen molar-refractivity contribution >= 4 is 40.5 Å². The van der Waals surface area contributed by atoms with E-state index >= 15 is 0 Å². The summed E-state index contributed by atoms with van der Waals surface area (Å²) in [6.07, 6.45) is 0.332. The van der Waals surface area contributed by atoms with Gasteiger partial charge in [0.15, 0.2) is 0 Å². The monoisotopic (exact) mass is 300 g/mol. The molecule has 0 aliphatic rings. The number of benzene rings is 1. The van der Waals surface area contributed by atoms with Crippen LogP contribution in [0.2, 0.25) is 5.02 Å².